The van der Waals surface area contributed by atoms with Crippen LogP contribution in [0.5, 0.6) is 0 Å². The molecule has 86 valence electrons. The Hall–Kier alpha value is -0.970. The molecule has 0 aliphatic carbocycles. The molecular weight excluding hydrogens is 274 g/mol. The first-order valence-corrected chi connectivity index (χ1v) is 4.84. The lowest BCUT2D eigenvalue weighted by Gasteiger charge is -2.27. The van der Waals surface area contributed by atoms with Crippen LogP contribution in [0.2, 0.25) is 0 Å². The molecule has 0 aromatic heterocycles. The van der Waals surface area contributed by atoms with Crippen molar-refractivity contribution in [3.63, 3.8) is 0 Å². The average molecular weight is 282 g/mol. The Morgan fingerprint density at radius 1 is 1.44 bits per heavy atom. The van der Waals surface area contributed by atoms with Crippen LogP contribution in [0.25, 0.3) is 0 Å². The number of nitrogens with one attached hydrogen (secondary N) is 1. The number of alkyl halides is 1. The third-order valence-corrected chi connectivity index (χ3v) is 2.91. The first kappa shape index (κ1) is 13.1. The summed E-state index contributed by atoms with van der Waals surface area (Å²) in [5, 5.41) is 11.4. The number of hydrogen-bond acceptors (Lipinski definition) is 3. The number of carboxylic acids is 1. The highest BCUT2D eigenvalue weighted by Crippen LogP contribution is 2.36. The molecule has 16 heavy (non-hydrogen) atoms. The number of fused-ring (bicyclic) bond motifs is 1. The molecule has 0 saturated heterocycles. The molecular formula is C9H7Cl3N2O2. The Bertz CT molecular complexity index is 464. The van der Waals surface area contributed by atoms with Gasteiger partial charge < -0.3 is 10.4 Å². The van der Waals surface area contributed by atoms with Gasteiger partial charge in [-0.3, -0.25) is 0 Å². The third kappa shape index (κ3) is 1.96. The van der Waals surface area contributed by atoms with Crippen LogP contribution in [-0.2, 0) is 4.79 Å². The summed E-state index contributed by atoms with van der Waals surface area (Å²) in [5.74, 6) is -1.28. The first-order chi connectivity index (χ1) is 7.04. The van der Waals surface area contributed by atoms with E-state index in [0.717, 1.165) is 0 Å². The second-order valence-electron chi connectivity index (χ2n) is 3.01. The van der Waals surface area contributed by atoms with Gasteiger partial charge in [0.05, 0.1) is 11.4 Å². The highest BCUT2D eigenvalue weighted by atomic mass is 35.5. The zero-order valence-corrected chi connectivity index (χ0v) is 10.1. The van der Waals surface area contributed by atoms with Crippen LogP contribution in [-0.4, -0.2) is 21.2 Å². The number of carboxylic acid groups (broad SMARTS) is 1. The standard InChI is InChI=1S/C9H6Cl2N2O2.ClH/c10-7-9(11,8(14)15)13-6-4-2-1-3-5(6)12-7;/h1-4,13H,(H,14,15);1H. The van der Waals surface area contributed by atoms with E-state index in [2.05, 4.69) is 10.3 Å². The Balaban J connectivity index is 0.00000128. The number of hydrogen-bond donors (Lipinski definition) is 2. The summed E-state index contributed by atoms with van der Waals surface area (Å²) in [6.07, 6.45) is 0. The minimum Gasteiger partial charge on any atom is -0.478 e. The summed E-state index contributed by atoms with van der Waals surface area (Å²) in [7, 11) is 0. The van der Waals surface area contributed by atoms with Gasteiger partial charge in [0, 0.05) is 0 Å². The summed E-state index contributed by atoms with van der Waals surface area (Å²) in [4.78, 5) is 13.0. The van der Waals surface area contributed by atoms with Crippen LogP contribution in [0.4, 0.5) is 11.4 Å². The molecule has 1 heterocycles. The van der Waals surface area contributed by atoms with E-state index in [9.17, 15) is 4.79 Å². The molecule has 0 radical (unpaired) electrons. The van der Waals surface area contributed by atoms with Crippen molar-refractivity contribution < 1.29 is 9.90 Å². The number of rotatable bonds is 1. The number of para-hydroxylation sites is 2. The van der Waals surface area contributed by atoms with Crippen molar-refractivity contribution in [2.24, 2.45) is 4.99 Å². The Morgan fingerprint density at radius 2 is 2.06 bits per heavy atom. The summed E-state index contributed by atoms with van der Waals surface area (Å²) in [6, 6.07) is 6.92. The van der Waals surface area contributed by atoms with Gasteiger partial charge >= 0.3 is 5.97 Å². The lowest BCUT2D eigenvalue weighted by atomic mass is 10.2. The van der Waals surface area contributed by atoms with Crippen molar-refractivity contribution in [2.45, 2.75) is 5.00 Å². The molecule has 0 fully saturated rings. The predicted octanol–water partition coefficient (Wildman–Crippen LogP) is 2.82. The molecule has 4 nitrogen and oxygen atoms in total. The summed E-state index contributed by atoms with van der Waals surface area (Å²) in [5.41, 5.74) is 1.11. The average Bonchev–Trinajstić information content (AvgIpc) is 2.19. The van der Waals surface area contributed by atoms with Gasteiger partial charge in [-0.05, 0) is 12.1 Å². The number of carbonyl (C=O) groups is 1. The third-order valence-electron chi connectivity index (χ3n) is 2.01. The lowest BCUT2D eigenvalue weighted by Crippen LogP contribution is -2.47. The number of halogens is 3. The van der Waals surface area contributed by atoms with Crippen molar-refractivity contribution in [1.29, 1.82) is 0 Å². The SMILES string of the molecule is Cl.O=C(O)C1(Cl)Nc2ccccc2N=C1Cl. The Kier molecular flexibility index (Phi) is 3.68. The largest absolute Gasteiger partial charge is 0.478 e. The monoisotopic (exact) mass is 280 g/mol. The maximum Gasteiger partial charge on any atom is 0.352 e. The maximum atomic E-state index is 10.9. The summed E-state index contributed by atoms with van der Waals surface area (Å²) >= 11 is 11.5. The summed E-state index contributed by atoms with van der Waals surface area (Å²) in [6.45, 7) is 0. The van der Waals surface area contributed by atoms with Gasteiger partial charge in [0.1, 0.15) is 0 Å². The first-order valence-electron chi connectivity index (χ1n) is 4.08. The molecule has 1 aliphatic heterocycles. The number of aliphatic imine (C=N–C) groups is 1. The minimum atomic E-state index is -1.87. The fourth-order valence-electron chi connectivity index (χ4n) is 1.24. The van der Waals surface area contributed by atoms with Gasteiger partial charge in [0.2, 0.25) is 0 Å². The van der Waals surface area contributed by atoms with Crippen LogP contribution >= 0.6 is 35.6 Å². The van der Waals surface area contributed by atoms with E-state index in [1.807, 2.05) is 0 Å². The van der Waals surface area contributed by atoms with Gasteiger partial charge in [-0.25, -0.2) is 9.79 Å². The second-order valence-corrected chi connectivity index (χ2v) is 3.93. The molecule has 0 saturated carbocycles. The maximum absolute atomic E-state index is 10.9. The highest BCUT2D eigenvalue weighted by Gasteiger charge is 2.44. The molecule has 1 aromatic carbocycles. The number of anilines is 1. The number of nitrogens with zero attached hydrogens (tertiary/aromatic N) is 1. The molecule has 2 rings (SSSR count). The van der Waals surface area contributed by atoms with Crippen LogP contribution in [0.15, 0.2) is 29.3 Å². The molecule has 0 spiro atoms. The molecule has 1 aromatic rings. The normalized spacial score (nSPS) is 22.2. The van der Waals surface area contributed by atoms with Gasteiger partial charge in [0.25, 0.3) is 5.00 Å². The fraction of sp³-hybridized carbons (Fsp3) is 0.111. The zero-order chi connectivity index (χ0) is 11.1. The molecule has 1 atom stereocenters. The molecule has 0 amide bonds. The molecule has 0 bridgehead atoms. The van der Waals surface area contributed by atoms with E-state index in [4.69, 9.17) is 28.3 Å². The van der Waals surface area contributed by atoms with E-state index in [-0.39, 0.29) is 17.6 Å². The van der Waals surface area contributed by atoms with Crippen molar-refractivity contribution in [3.8, 4) is 0 Å². The second kappa shape index (κ2) is 4.49. The minimum absolute atomic E-state index is 0. The fourth-order valence-corrected chi connectivity index (χ4v) is 1.60. The number of aliphatic carboxylic acids is 1. The van der Waals surface area contributed by atoms with Gasteiger partial charge in [-0.2, -0.15) is 0 Å². The molecule has 1 unspecified atom stereocenters. The molecule has 7 heteroatoms. The van der Waals surface area contributed by atoms with E-state index in [1.54, 1.807) is 24.3 Å². The van der Waals surface area contributed by atoms with Crippen LogP contribution in [0.3, 0.4) is 0 Å². The van der Waals surface area contributed by atoms with E-state index in [1.165, 1.54) is 0 Å². The predicted molar refractivity (Wildman–Crippen MR) is 66.5 cm³/mol. The molecule has 1 aliphatic rings. The Morgan fingerprint density at radius 3 is 2.69 bits per heavy atom. The van der Waals surface area contributed by atoms with E-state index in [0.29, 0.717) is 11.4 Å². The Labute approximate surface area is 108 Å². The van der Waals surface area contributed by atoms with Gasteiger partial charge in [-0.15, -0.1) is 12.4 Å². The zero-order valence-electron chi connectivity index (χ0n) is 7.78. The van der Waals surface area contributed by atoms with Crippen molar-refractivity contribution in [3.05, 3.63) is 24.3 Å². The van der Waals surface area contributed by atoms with E-state index < -0.39 is 11.0 Å². The van der Waals surface area contributed by atoms with Crippen LogP contribution < -0.4 is 5.32 Å². The van der Waals surface area contributed by atoms with Crippen molar-refractivity contribution in [2.75, 3.05) is 5.32 Å². The van der Waals surface area contributed by atoms with Crippen LogP contribution in [0.1, 0.15) is 0 Å². The molecule has 2 N–H and O–H groups in total. The summed E-state index contributed by atoms with van der Waals surface area (Å²) < 4.78 is 0. The van der Waals surface area contributed by atoms with Crippen molar-refractivity contribution >= 4 is 58.1 Å². The smallest absolute Gasteiger partial charge is 0.352 e. The van der Waals surface area contributed by atoms with Crippen molar-refractivity contribution in [1.82, 2.24) is 0 Å². The van der Waals surface area contributed by atoms with Crippen LogP contribution in [0, 0.1) is 0 Å². The lowest BCUT2D eigenvalue weighted by molar-refractivity contribution is -0.137. The van der Waals surface area contributed by atoms with E-state index >= 15 is 0 Å². The van der Waals surface area contributed by atoms with Gasteiger partial charge in [-0.1, -0.05) is 35.3 Å². The topological polar surface area (TPSA) is 61.7 Å². The highest BCUT2D eigenvalue weighted by molar-refractivity contribution is 6.76. The quantitative estimate of drug-likeness (QED) is 0.614. The number of benzene rings is 1. The van der Waals surface area contributed by atoms with Gasteiger partial charge in [0.15, 0.2) is 5.17 Å².